The molecular weight excluding hydrogens is 398 g/mol. The number of rotatable bonds is 6. The Morgan fingerprint density at radius 3 is 2.46 bits per heavy atom. The van der Waals surface area contributed by atoms with Gasteiger partial charge < -0.3 is 5.32 Å². The van der Waals surface area contributed by atoms with E-state index in [1.54, 1.807) is 12.1 Å². The molecule has 3 aromatic rings. The molecule has 0 aliphatic rings. The van der Waals surface area contributed by atoms with Crippen molar-refractivity contribution in [1.82, 2.24) is 25.4 Å². The minimum atomic E-state index is -0.543. The molecule has 0 spiro atoms. The topological polar surface area (TPSA) is 88.9 Å². The van der Waals surface area contributed by atoms with E-state index >= 15 is 0 Å². The van der Waals surface area contributed by atoms with E-state index in [-0.39, 0.29) is 5.75 Å². The number of benzene rings is 2. The highest BCUT2D eigenvalue weighted by molar-refractivity contribution is 7.99. The molecule has 1 heterocycles. The van der Waals surface area contributed by atoms with Crippen molar-refractivity contribution < 1.29 is 9.59 Å². The standard InChI is InChI=1S/C19H18ClN5O2S/c1-21-18(27)22-16(26)12-28-19-24-23-17(14-7-9-15(20)10-8-14)25(19)11-13-5-3-2-4-6-13/h2-10H,11-12H2,1H3,(H2,21,22,26,27). The summed E-state index contributed by atoms with van der Waals surface area (Å²) in [6.07, 6.45) is 0. The van der Waals surface area contributed by atoms with E-state index in [0.29, 0.717) is 22.5 Å². The number of carbonyl (C=O) groups excluding carboxylic acids is 2. The van der Waals surface area contributed by atoms with Crippen LogP contribution in [-0.2, 0) is 11.3 Å². The van der Waals surface area contributed by atoms with Crippen LogP contribution in [0.5, 0.6) is 0 Å². The first-order valence-corrected chi connectivity index (χ1v) is 9.80. The number of carbonyl (C=O) groups is 2. The van der Waals surface area contributed by atoms with E-state index in [4.69, 9.17) is 11.6 Å². The number of hydrogen-bond acceptors (Lipinski definition) is 5. The van der Waals surface area contributed by atoms with Crippen LogP contribution >= 0.6 is 23.4 Å². The van der Waals surface area contributed by atoms with Gasteiger partial charge in [0.2, 0.25) is 5.91 Å². The van der Waals surface area contributed by atoms with Crippen LogP contribution in [-0.4, -0.2) is 39.5 Å². The van der Waals surface area contributed by atoms with Crippen LogP contribution in [0.2, 0.25) is 5.02 Å². The highest BCUT2D eigenvalue weighted by atomic mass is 35.5. The fourth-order valence-electron chi connectivity index (χ4n) is 2.47. The number of nitrogens with zero attached hydrogens (tertiary/aromatic N) is 3. The van der Waals surface area contributed by atoms with Gasteiger partial charge in [-0.15, -0.1) is 10.2 Å². The van der Waals surface area contributed by atoms with Gasteiger partial charge in [0.15, 0.2) is 11.0 Å². The monoisotopic (exact) mass is 415 g/mol. The van der Waals surface area contributed by atoms with Gasteiger partial charge in [-0.05, 0) is 29.8 Å². The van der Waals surface area contributed by atoms with Crippen LogP contribution in [0.25, 0.3) is 11.4 Å². The maximum Gasteiger partial charge on any atom is 0.321 e. The number of hydrogen-bond donors (Lipinski definition) is 2. The van der Waals surface area contributed by atoms with Gasteiger partial charge in [-0.3, -0.25) is 14.7 Å². The molecule has 2 N–H and O–H groups in total. The number of urea groups is 1. The summed E-state index contributed by atoms with van der Waals surface area (Å²) >= 11 is 7.20. The summed E-state index contributed by atoms with van der Waals surface area (Å²) in [4.78, 5) is 23.2. The molecule has 1 aromatic heterocycles. The Labute approximate surface area is 171 Å². The van der Waals surface area contributed by atoms with E-state index in [1.807, 2.05) is 47.0 Å². The molecule has 0 unspecified atom stereocenters. The average Bonchev–Trinajstić information content (AvgIpc) is 3.10. The van der Waals surface area contributed by atoms with E-state index in [0.717, 1.165) is 11.1 Å². The molecule has 28 heavy (non-hydrogen) atoms. The molecule has 0 fully saturated rings. The Morgan fingerprint density at radius 2 is 1.79 bits per heavy atom. The van der Waals surface area contributed by atoms with E-state index in [2.05, 4.69) is 20.8 Å². The minimum absolute atomic E-state index is 0.0426. The van der Waals surface area contributed by atoms with Crippen LogP contribution in [0.3, 0.4) is 0 Å². The Balaban J connectivity index is 1.85. The number of thioether (sulfide) groups is 1. The Kier molecular flexibility index (Phi) is 6.67. The predicted octanol–water partition coefficient (Wildman–Crippen LogP) is 3.19. The number of halogens is 1. The summed E-state index contributed by atoms with van der Waals surface area (Å²) in [6, 6.07) is 16.7. The SMILES string of the molecule is CNC(=O)NC(=O)CSc1nnc(-c2ccc(Cl)cc2)n1Cc1ccccc1. The molecule has 0 aliphatic carbocycles. The zero-order valence-electron chi connectivity index (χ0n) is 15.1. The Hall–Kier alpha value is -2.84. The lowest BCUT2D eigenvalue weighted by molar-refractivity contribution is -0.117. The lowest BCUT2D eigenvalue weighted by Gasteiger charge is -2.10. The summed E-state index contributed by atoms with van der Waals surface area (Å²) < 4.78 is 1.94. The molecule has 7 nitrogen and oxygen atoms in total. The second kappa shape index (κ2) is 9.38. The lowest BCUT2D eigenvalue weighted by Crippen LogP contribution is -2.38. The van der Waals surface area contributed by atoms with Crippen LogP contribution in [0, 0.1) is 0 Å². The molecular formula is C19H18ClN5O2S. The maximum absolute atomic E-state index is 11.9. The lowest BCUT2D eigenvalue weighted by atomic mass is 10.2. The molecule has 3 amide bonds. The third kappa shape index (κ3) is 5.11. The molecule has 0 aliphatic heterocycles. The average molecular weight is 416 g/mol. The zero-order valence-corrected chi connectivity index (χ0v) is 16.6. The number of amides is 3. The number of nitrogens with one attached hydrogen (secondary N) is 2. The van der Waals surface area contributed by atoms with Crippen molar-refractivity contribution in [3.05, 3.63) is 65.2 Å². The van der Waals surface area contributed by atoms with Crippen molar-refractivity contribution >= 4 is 35.3 Å². The molecule has 0 saturated carbocycles. The fourth-order valence-corrected chi connectivity index (χ4v) is 3.34. The summed E-state index contributed by atoms with van der Waals surface area (Å²) in [5, 5.41) is 14.3. The van der Waals surface area contributed by atoms with E-state index in [9.17, 15) is 9.59 Å². The van der Waals surface area contributed by atoms with Gasteiger partial charge >= 0.3 is 6.03 Å². The van der Waals surface area contributed by atoms with Crippen molar-refractivity contribution in [1.29, 1.82) is 0 Å². The van der Waals surface area contributed by atoms with Gasteiger partial charge in [0.1, 0.15) is 0 Å². The summed E-state index contributed by atoms with van der Waals surface area (Å²) in [6.45, 7) is 0.547. The summed E-state index contributed by atoms with van der Waals surface area (Å²) in [5.41, 5.74) is 1.95. The van der Waals surface area contributed by atoms with Gasteiger partial charge in [0.05, 0.1) is 12.3 Å². The van der Waals surface area contributed by atoms with Crippen molar-refractivity contribution in [3.8, 4) is 11.4 Å². The van der Waals surface area contributed by atoms with Crippen LogP contribution < -0.4 is 10.6 Å². The van der Waals surface area contributed by atoms with Crippen molar-refractivity contribution in [2.45, 2.75) is 11.7 Å². The smallest absolute Gasteiger partial charge is 0.321 e. The molecule has 144 valence electrons. The van der Waals surface area contributed by atoms with Gasteiger partial charge in [-0.1, -0.05) is 53.7 Å². The third-order valence-electron chi connectivity index (χ3n) is 3.82. The first-order chi connectivity index (χ1) is 13.6. The van der Waals surface area contributed by atoms with E-state index < -0.39 is 11.9 Å². The molecule has 0 bridgehead atoms. The normalized spacial score (nSPS) is 10.5. The van der Waals surface area contributed by atoms with Gasteiger partial charge in [-0.25, -0.2) is 4.79 Å². The van der Waals surface area contributed by atoms with Crippen LogP contribution in [0.1, 0.15) is 5.56 Å². The molecule has 0 radical (unpaired) electrons. The second-order valence-electron chi connectivity index (χ2n) is 5.80. The summed E-state index contributed by atoms with van der Waals surface area (Å²) in [5.74, 6) is 0.308. The Bertz CT molecular complexity index is 960. The molecule has 9 heteroatoms. The van der Waals surface area contributed by atoms with Gasteiger partial charge in [0, 0.05) is 17.6 Å². The highest BCUT2D eigenvalue weighted by Gasteiger charge is 2.16. The van der Waals surface area contributed by atoms with Gasteiger partial charge in [-0.2, -0.15) is 0 Å². The maximum atomic E-state index is 11.9. The predicted molar refractivity (Wildman–Crippen MR) is 109 cm³/mol. The van der Waals surface area contributed by atoms with Crippen molar-refractivity contribution in [3.63, 3.8) is 0 Å². The molecule has 2 aromatic carbocycles. The van der Waals surface area contributed by atoms with Crippen molar-refractivity contribution in [2.24, 2.45) is 0 Å². The van der Waals surface area contributed by atoms with Crippen LogP contribution in [0.4, 0.5) is 4.79 Å². The molecule has 0 saturated heterocycles. The first kappa shape index (κ1) is 19.9. The van der Waals surface area contributed by atoms with Gasteiger partial charge in [0.25, 0.3) is 0 Å². The number of imide groups is 1. The van der Waals surface area contributed by atoms with E-state index in [1.165, 1.54) is 18.8 Å². The van der Waals surface area contributed by atoms with Crippen molar-refractivity contribution in [2.75, 3.05) is 12.8 Å². The third-order valence-corrected chi connectivity index (χ3v) is 5.03. The zero-order chi connectivity index (χ0) is 19.9. The number of aromatic nitrogens is 3. The molecule has 0 atom stereocenters. The fraction of sp³-hybridized carbons (Fsp3) is 0.158. The largest absolute Gasteiger partial charge is 0.341 e. The Morgan fingerprint density at radius 1 is 1.07 bits per heavy atom. The minimum Gasteiger partial charge on any atom is -0.341 e. The first-order valence-electron chi connectivity index (χ1n) is 8.44. The quantitative estimate of drug-likeness (QED) is 0.603. The highest BCUT2D eigenvalue weighted by Crippen LogP contribution is 2.26. The summed E-state index contributed by atoms with van der Waals surface area (Å²) in [7, 11) is 1.45. The van der Waals surface area contributed by atoms with Crippen LogP contribution in [0.15, 0.2) is 59.8 Å². The molecule has 3 rings (SSSR count). The second-order valence-corrected chi connectivity index (χ2v) is 7.18.